The maximum atomic E-state index is 12.0. The molecule has 1 aromatic carbocycles. The largest absolute Gasteiger partial charge is 0.493 e. The molecule has 0 aromatic heterocycles. The van der Waals surface area contributed by atoms with E-state index >= 15 is 0 Å². The number of aliphatic hydroxyl groups is 2. The summed E-state index contributed by atoms with van der Waals surface area (Å²) in [4.78, 5) is 12.0. The molecule has 1 aromatic rings. The van der Waals surface area contributed by atoms with Crippen molar-refractivity contribution in [3.05, 3.63) is 17.7 Å². The number of hydrazine groups is 1. The van der Waals surface area contributed by atoms with Gasteiger partial charge in [-0.1, -0.05) is 0 Å². The fourth-order valence-electron chi connectivity index (χ4n) is 1.60. The van der Waals surface area contributed by atoms with E-state index in [2.05, 4.69) is 10.9 Å². The highest BCUT2D eigenvalue weighted by Crippen LogP contribution is 2.38. The van der Waals surface area contributed by atoms with Gasteiger partial charge in [-0.05, 0) is 12.1 Å². The van der Waals surface area contributed by atoms with Crippen LogP contribution < -0.4 is 25.1 Å². The maximum absolute atomic E-state index is 12.0. The molecule has 118 valence electrons. The average molecular weight is 300 g/mol. The van der Waals surface area contributed by atoms with Crippen LogP contribution in [-0.4, -0.2) is 56.7 Å². The van der Waals surface area contributed by atoms with Crippen molar-refractivity contribution in [2.45, 2.75) is 6.04 Å². The zero-order valence-corrected chi connectivity index (χ0v) is 12.2. The molecular formula is C13H20N2O6. The summed E-state index contributed by atoms with van der Waals surface area (Å²) in [7, 11) is 4.37. The van der Waals surface area contributed by atoms with Crippen LogP contribution in [0.5, 0.6) is 17.2 Å². The Balaban J connectivity index is 2.94. The molecule has 0 saturated carbocycles. The first-order chi connectivity index (χ1) is 10.1. The fraction of sp³-hybridized carbons (Fsp3) is 0.462. The summed E-state index contributed by atoms with van der Waals surface area (Å²) in [6, 6.07) is 2.34. The number of amides is 1. The van der Waals surface area contributed by atoms with Gasteiger partial charge >= 0.3 is 0 Å². The summed E-state index contributed by atoms with van der Waals surface area (Å²) in [6.45, 7) is -0.627. The zero-order valence-electron chi connectivity index (χ0n) is 12.2. The van der Waals surface area contributed by atoms with Crippen molar-refractivity contribution in [1.82, 2.24) is 10.9 Å². The molecular weight excluding hydrogens is 280 g/mol. The third-order valence-corrected chi connectivity index (χ3v) is 2.76. The van der Waals surface area contributed by atoms with Gasteiger partial charge in [-0.15, -0.1) is 0 Å². The van der Waals surface area contributed by atoms with Gasteiger partial charge in [-0.2, -0.15) is 0 Å². The number of carbonyl (C=O) groups is 1. The van der Waals surface area contributed by atoms with Gasteiger partial charge < -0.3 is 24.4 Å². The Morgan fingerprint density at radius 2 is 1.62 bits per heavy atom. The standard InChI is InChI=1S/C13H20N2O6/c1-19-10-4-8(5-11(20-2)12(10)21-3)13(18)15-14-9(6-16)7-17/h4-5,9,14,16-17H,6-7H2,1-3H3,(H,15,18). The minimum Gasteiger partial charge on any atom is -0.493 e. The number of benzene rings is 1. The molecule has 0 heterocycles. The van der Waals surface area contributed by atoms with E-state index in [1.54, 1.807) is 0 Å². The van der Waals surface area contributed by atoms with E-state index in [-0.39, 0.29) is 18.8 Å². The van der Waals surface area contributed by atoms with E-state index in [9.17, 15) is 4.79 Å². The number of aliphatic hydroxyl groups excluding tert-OH is 2. The average Bonchev–Trinajstić information content (AvgIpc) is 2.53. The Hall–Kier alpha value is -2.03. The molecule has 8 nitrogen and oxygen atoms in total. The third-order valence-electron chi connectivity index (χ3n) is 2.76. The predicted octanol–water partition coefficient (Wildman–Crippen LogP) is -0.700. The summed E-state index contributed by atoms with van der Waals surface area (Å²) in [5.41, 5.74) is 5.16. The molecule has 0 aliphatic carbocycles. The molecule has 0 radical (unpaired) electrons. The molecule has 0 aliphatic heterocycles. The second kappa shape index (κ2) is 8.30. The van der Waals surface area contributed by atoms with E-state index < -0.39 is 11.9 Å². The quantitative estimate of drug-likeness (QED) is 0.470. The monoisotopic (exact) mass is 300 g/mol. The molecule has 0 unspecified atom stereocenters. The van der Waals surface area contributed by atoms with Gasteiger partial charge in [0.1, 0.15) is 0 Å². The molecule has 0 bridgehead atoms. The highest BCUT2D eigenvalue weighted by Gasteiger charge is 2.17. The minimum atomic E-state index is -0.643. The van der Waals surface area contributed by atoms with Crippen LogP contribution in [-0.2, 0) is 0 Å². The van der Waals surface area contributed by atoms with E-state index in [4.69, 9.17) is 24.4 Å². The lowest BCUT2D eigenvalue weighted by atomic mass is 10.1. The van der Waals surface area contributed by atoms with Crippen molar-refractivity contribution in [2.24, 2.45) is 0 Å². The molecule has 0 saturated heterocycles. The van der Waals surface area contributed by atoms with Crippen LogP contribution in [0, 0.1) is 0 Å². The second-order valence-electron chi connectivity index (χ2n) is 4.07. The number of nitrogens with one attached hydrogen (secondary N) is 2. The van der Waals surface area contributed by atoms with Gasteiger partial charge in [0.15, 0.2) is 11.5 Å². The zero-order chi connectivity index (χ0) is 15.8. The number of methoxy groups -OCH3 is 3. The van der Waals surface area contributed by atoms with E-state index in [0.29, 0.717) is 17.2 Å². The van der Waals surface area contributed by atoms with Gasteiger partial charge in [0, 0.05) is 5.56 Å². The Morgan fingerprint density at radius 3 is 2.00 bits per heavy atom. The van der Waals surface area contributed by atoms with Gasteiger partial charge in [-0.25, -0.2) is 5.43 Å². The van der Waals surface area contributed by atoms with Crippen LogP contribution in [0.25, 0.3) is 0 Å². The van der Waals surface area contributed by atoms with Gasteiger partial charge in [-0.3, -0.25) is 10.2 Å². The summed E-state index contributed by atoms with van der Waals surface area (Å²) < 4.78 is 15.5. The number of ether oxygens (including phenoxy) is 3. The van der Waals surface area contributed by atoms with Crippen molar-refractivity contribution in [3.8, 4) is 17.2 Å². The van der Waals surface area contributed by atoms with Crippen molar-refractivity contribution >= 4 is 5.91 Å². The molecule has 21 heavy (non-hydrogen) atoms. The van der Waals surface area contributed by atoms with E-state index in [0.717, 1.165) is 0 Å². The summed E-state index contributed by atoms with van der Waals surface area (Å²) in [5.74, 6) is 0.611. The molecule has 0 atom stereocenters. The third kappa shape index (κ3) is 4.22. The SMILES string of the molecule is COc1cc(C(=O)NNC(CO)CO)cc(OC)c1OC. The Labute approximate surface area is 122 Å². The highest BCUT2D eigenvalue weighted by molar-refractivity contribution is 5.95. The molecule has 1 rings (SSSR count). The Morgan fingerprint density at radius 1 is 1.10 bits per heavy atom. The summed E-state index contributed by atoms with van der Waals surface area (Å²) in [6.07, 6.45) is 0. The van der Waals surface area contributed by atoms with Crippen LogP contribution in [0.3, 0.4) is 0 Å². The van der Waals surface area contributed by atoms with Crippen LogP contribution in [0.2, 0.25) is 0 Å². The molecule has 0 spiro atoms. The van der Waals surface area contributed by atoms with Crippen LogP contribution in [0.4, 0.5) is 0 Å². The second-order valence-corrected chi connectivity index (χ2v) is 4.07. The molecule has 0 fully saturated rings. The molecule has 4 N–H and O–H groups in total. The maximum Gasteiger partial charge on any atom is 0.265 e. The smallest absolute Gasteiger partial charge is 0.265 e. The van der Waals surface area contributed by atoms with Gasteiger partial charge in [0.05, 0.1) is 40.6 Å². The van der Waals surface area contributed by atoms with Crippen molar-refractivity contribution in [2.75, 3.05) is 34.5 Å². The topological polar surface area (TPSA) is 109 Å². The number of hydrogen-bond acceptors (Lipinski definition) is 7. The number of carbonyl (C=O) groups excluding carboxylic acids is 1. The first-order valence-electron chi connectivity index (χ1n) is 6.18. The Kier molecular flexibility index (Phi) is 6.73. The lowest BCUT2D eigenvalue weighted by Crippen LogP contribution is -2.47. The lowest BCUT2D eigenvalue weighted by molar-refractivity contribution is 0.0894. The molecule has 0 aliphatic rings. The summed E-state index contributed by atoms with van der Waals surface area (Å²) in [5, 5.41) is 17.8. The minimum absolute atomic E-state index is 0.270. The number of hydrogen-bond donors (Lipinski definition) is 4. The molecule has 1 amide bonds. The van der Waals surface area contributed by atoms with E-state index in [1.165, 1.54) is 33.5 Å². The van der Waals surface area contributed by atoms with Crippen LogP contribution >= 0.6 is 0 Å². The van der Waals surface area contributed by atoms with Gasteiger partial charge in [0.2, 0.25) is 5.75 Å². The van der Waals surface area contributed by atoms with E-state index in [1.807, 2.05) is 0 Å². The Bertz CT molecular complexity index is 451. The lowest BCUT2D eigenvalue weighted by Gasteiger charge is -2.16. The van der Waals surface area contributed by atoms with Crippen molar-refractivity contribution < 1.29 is 29.2 Å². The van der Waals surface area contributed by atoms with Crippen LogP contribution in [0.1, 0.15) is 10.4 Å². The molecule has 8 heteroatoms. The highest BCUT2D eigenvalue weighted by atomic mass is 16.5. The van der Waals surface area contributed by atoms with Gasteiger partial charge in [0.25, 0.3) is 5.91 Å². The van der Waals surface area contributed by atoms with Crippen molar-refractivity contribution in [3.63, 3.8) is 0 Å². The normalized spacial score (nSPS) is 10.4. The first-order valence-corrected chi connectivity index (χ1v) is 6.18. The predicted molar refractivity (Wildman–Crippen MR) is 74.7 cm³/mol. The summed E-state index contributed by atoms with van der Waals surface area (Å²) >= 11 is 0. The number of rotatable bonds is 8. The van der Waals surface area contributed by atoms with Crippen molar-refractivity contribution in [1.29, 1.82) is 0 Å². The van der Waals surface area contributed by atoms with Crippen LogP contribution in [0.15, 0.2) is 12.1 Å². The first kappa shape index (κ1) is 17.0. The fourth-order valence-corrected chi connectivity index (χ4v) is 1.60.